The molecule has 1 saturated heterocycles. The molecule has 1 unspecified atom stereocenters. The van der Waals surface area contributed by atoms with Crippen LogP contribution in [0.4, 0.5) is 0 Å². The van der Waals surface area contributed by atoms with Crippen LogP contribution in [0.5, 0.6) is 0 Å². The van der Waals surface area contributed by atoms with Gasteiger partial charge >= 0.3 is 0 Å². The van der Waals surface area contributed by atoms with Crippen molar-refractivity contribution in [2.45, 2.75) is 39.3 Å². The number of carbonyl (C=O) groups excluding carboxylic acids is 2. The van der Waals surface area contributed by atoms with Crippen molar-refractivity contribution in [1.82, 2.24) is 15.5 Å². The Hall–Kier alpha value is -1.10. The maximum Gasteiger partial charge on any atom is 0.240 e. The first kappa shape index (κ1) is 13.0. The molecule has 2 amide bonds. The van der Waals surface area contributed by atoms with E-state index in [1.807, 2.05) is 27.7 Å². The fraction of sp³-hybridized carbons (Fsp3) is 0.818. The third-order valence-corrected chi connectivity index (χ3v) is 2.36. The number of amides is 2. The van der Waals surface area contributed by atoms with Crippen molar-refractivity contribution in [2.24, 2.45) is 0 Å². The van der Waals surface area contributed by atoms with E-state index in [0.29, 0.717) is 6.54 Å². The molecular formula is C11H21N3O2. The van der Waals surface area contributed by atoms with Crippen molar-refractivity contribution in [2.75, 3.05) is 19.6 Å². The monoisotopic (exact) mass is 227 g/mol. The van der Waals surface area contributed by atoms with Gasteiger partial charge in [-0.2, -0.15) is 0 Å². The van der Waals surface area contributed by atoms with Gasteiger partial charge in [-0.15, -0.1) is 0 Å². The summed E-state index contributed by atoms with van der Waals surface area (Å²) in [5.41, 5.74) is -0.250. The van der Waals surface area contributed by atoms with Gasteiger partial charge in [-0.25, -0.2) is 0 Å². The first-order chi connectivity index (χ1) is 7.29. The van der Waals surface area contributed by atoms with Crippen LogP contribution in [0.1, 0.15) is 27.7 Å². The Labute approximate surface area is 96.6 Å². The van der Waals surface area contributed by atoms with Gasteiger partial charge in [0.05, 0.1) is 12.6 Å². The molecule has 5 heteroatoms. The Morgan fingerprint density at radius 2 is 2.19 bits per heavy atom. The highest BCUT2D eigenvalue weighted by Crippen LogP contribution is 2.02. The fourth-order valence-corrected chi connectivity index (χ4v) is 1.68. The Morgan fingerprint density at radius 1 is 1.56 bits per heavy atom. The molecule has 1 aliphatic heterocycles. The minimum Gasteiger partial charge on any atom is -0.350 e. The van der Waals surface area contributed by atoms with E-state index in [0.717, 1.165) is 6.54 Å². The number of piperazine rings is 1. The standard InChI is InChI=1S/C11H21N3O2/c1-8-10(16)14(6-5-12-8)7-9(15)13-11(2,3)4/h8,12H,5-7H2,1-4H3,(H,13,15). The second-order valence-corrected chi connectivity index (χ2v) is 5.23. The van der Waals surface area contributed by atoms with Crippen LogP contribution < -0.4 is 10.6 Å². The molecule has 0 saturated carbocycles. The summed E-state index contributed by atoms with van der Waals surface area (Å²) in [6.45, 7) is 9.09. The van der Waals surface area contributed by atoms with Crippen LogP contribution in [0.2, 0.25) is 0 Å². The van der Waals surface area contributed by atoms with Crippen LogP contribution in [0.3, 0.4) is 0 Å². The minimum absolute atomic E-state index is 0.00434. The highest BCUT2D eigenvalue weighted by molar-refractivity contribution is 5.88. The summed E-state index contributed by atoms with van der Waals surface area (Å²) in [6, 6.07) is -0.184. The van der Waals surface area contributed by atoms with Crippen molar-refractivity contribution in [1.29, 1.82) is 0 Å². The topological polar surface area (TPSA) is 61.4 Å². The van der Waals surface area contributed by atoms with Crippen molar-refractivity contribution in [3.05, 3.63) is 0 Å². The molecule has 1 fully saturated rings. The molecule has 92 valence electrons. The molecule has 1 rings (SSSR count). The normalized spacial score (nSPS) is 22.1. The van der Waals surface area contributed by atoms with Gasteiger partial charge in [0.15, 0.2) is 0 Å². The predicted molar refractivity (Wildman–Crippen MR) is 61.9 cm³/mol. The zero-order valence-corrected chi connectivity index (χ0v) is 10.5. The van der Waals surface area contributed by atoms with Crippen LogP contribution in [-0.2, 0) is 9.59 Å². The summed E-state index contributed by atoms with van der Waals surface area (Å²) >= 11 is 0. The first-order valence-electron chi connectivity index (χ1n) is 5.63. The number of hydrogen-bond donors (Lipinski definition) is 2. The lowest BCUT2D eigenvalue weighted by Gasteiger charge is -2.32. The van der Waals surface area contributed by atoms with Crippen molar-refractivity contribution >= 4 is 11.8 Å². The third kappa shape index (κ3) is 3.81. The first-order valence-corrected chi connectivity index (χ1v) is 5.63. The van der Waals surface area contributed by atoms with E-state index < -0.39 is 0 Å². The molecule has 0 aromatic carbocycles. The highest BCUT2D eigenvalue weighted by atomic mass is 16.2. The molecule has 1 aliphatic rings. The maximum absolute atomic E-state index is 11.7. The summed E-state index contributed by atoms with van der Waals surface area (Å²) < 4.78 is 0. The maximum atomic E-state index is 11.7. The molecule has 1 heterocycles. The summed E-state index contributed by atoms with van der Waals surface area (Å²) in [6.07, 6.45) is 0. The van der Waals surface area contributed by atoms with Gasteiger partial charge in [-0.1, -0.05) is 0 Å². The molecule has 16 heavy (non-hydrogen) atoms. The zero-order chi connectivity index (χ0) is 12.3. The van der Waals surface area contributed by atoms with Crippen molar-refractivity contribution in [3.63, 3.8) is 0 Å². The molecule has 5 nitrogen and oxygen atoms in total. The number of nitrogens with zero attached hydrogens (tertiary/aromatic N) is 1. The number of nitrogens with one attached hydrogen (secondary N) is 2. The van der Waals surface area contributed by atoms with Crippen LogP contribution >= 0.6 is 0 Å². The number of rotatable bonds is 2. The van der Waals surface area contributed by atoms with E-state index >= 15 is 0 Å². The van der Waals surface area contributed by atoms with Gasteiger partial charge in [0.1, 0.15) is 0 Å². The molecule has 1 atom stereocenters. The van der Waals surface area contributed by atoms with Crippen LogP contribution in [-0.4, -0.2) is 47.9 Å². The molecule has 0 aliphatic carbocycles. The second kappa shape index (κ2) is 4.82. The average Bonchev–Trinajstić information content (AvgIpc) is 2.09. The lowest BCUT2D eigenvalue weighted by Crippen LogP contribution is -2.56. The van der Waals surface area contributed by atoms with E-state index in [4.69, 9.17) is 0 Å². The Morgan fingerprint density at radius 3 is 2.75 bits per heavy atom. The Kier molecular flexibility index (Phi) is 3.91. The largest absolute Gasteiger partial charge is 0.350 e. The smallest absolute Gasteiger partial charge is 0.240 e. The third-order valence-electron chi connectivity index (χ3n) is 2.36. The van der Waals surface area contributed by atoms with Gasteiger partial charge in [0.25, 0.3) is 0 Å². The van der Waals surface area contributed by atoms with E-state index in [2.05, 4.69) is 10.6 Å². The second-order valence-electron chi connectivity index (χ2n) is 5.23. The summed E-state index contributed by atoms with van der Waals surface area (Å²) in [4.78, 5) is 25.0. The van der Waals surface area contributed by atoms with E-state index in [9.17, 15) is 9.59 Å². The quantitative estimate of drug-likeness (QED) is 0.682. The average molecular weight is 227 g/mol. The van der Waals surface area contributed by atoms with Gasteiger partial charge in [0.2, 0.25) is 11.8 Å². The lowest BCUT2D eigenvalue weighted by molar-refractivity contribution is -0.139. The van der Waals surface area contributed by atoms with Gasteiger partial charge in [0, 0.05) is 18.6 Å². The van der Waals surface area contributed by atoms with Crippen LogP contribution in [0.15, 0.2) is 0 Å². The van der Waals surface area contributed by atoms with E-state index in [1.165, 1.54) is 0 Å². The summed E-state index contributed by atoms with van der Waals surface area (Å²) in [5, 5.41) is 5.91. The zero-order valence-electron chi connectivity index (χ0n) is 10.5. The molecule has 0 bridgehead atoms. The molecule has 0 spiro atoms. The predicted octanol–water partition coefficient (Wildman–Crippen LogP) is -0.279. The summed E-state index contributed by atoms with van der Waals surface area (Å²) in [7, 11) is 0. The van der Waals surface area contributed by atoms with Crippen molar-refractivity contribution < 1.29 is 9.59 Å². The minimum atomic E-state index is -0.250. The van der Waals surface area contributed by atoms with Crippen molar-refractivity contribution in [3.8, 4) is 0 Å². The van der Waals surface area contributed by atoms with E-state index in [1.54, 1.807) is 4.90 Å². The van der Waals surface area contributed by atoms with Gasteiger partial charge in [-0.05, 0) is 27.7 Å². The SMILES string of the molecule is CC1NCCN(CC(=O)NC(C)(C)C)C1=O. The molecule has 0 aromatic rings. The molecule has 0 radical (unpaired) electrons. The Bertz CT molecular complexity index is 283. The van der Waals surface area contributed by atoms with Crippen LogP contribution in [0.25, 0.3) is 0 Å². The molecular weight excluding hydrogens is 206 g/mol. The van der Waals surface area contributed by atoms with Gasteiger partial charge in [-0.3, -0.25) is 9.59 Å². The summed E-state index contributed by atoms with van der Waals surface area (Å²) in [5.74, 6) is -0.106. The van der Waals surface area contributed by atoms with Crippen LogP contribution in [0, 0.1) is 0 Å². The Balaban J connectivity index is 2.47. The fourth-order valence-electron chi connectivity index (χ4n) is 1.68. The molecule has 0 aromatic heterocycles. The highest BCUT2D eigenvalue weighted by Gasteiger charge is 2.26. The molecule has 2 N–H and O–H groups in total. The lowest BCUT2D eigenvalue weighted by atomic mass is 10.1. The number of carbonyl (C=O) groups is 2. The van der Waals surface area contributed by atoms with Gasteiger partial charge < -0.3 is 15.5 Å². The number of hydrogen-bond acceptors (Lipinski definition) is 3. The van der Waals surface area contributed by atoms with E-state index in [-0.39, 0.29) is 29.9 Å².